The first-order valence-corrected chi connectivity index (χ1v) is 8.04. The predicted molar refractivity (Wildman–Crippen MR) is 73.3 cm³/mol. The van der Waals surface area contributed by atoms with Crippen LogP contribution in [0.5, 0.6) is 0 Å². The highest BCUT2D eigenvalue weighted by Crippen LogP contribution is 2.22. The molecule has 1 nitrogen and oxygen atoms in total. The summed E-state index contributed by atoms with van der Waals surface area (Å²) in [7, 11) is -1.51. The second kappa shape index (κ2) is 8.58. The summed E-state index contributed by atoms with van der Waals surface area (Å²) in [4.78, 5) is 0. The molecular weight excluding hydrogens is 215 g/mol. The molecule has 0 saturated carbocycles. The van der Waals surface area contributed by atoms with E-state index in [-0.39, 0.29) is 0 Å². The normalized spacial score (nSPS) is 12.6. The van der Waals surface area contributed by atoms with Crippen molar-refractivity contribution in [2.45, 2.75) is 45.4 Å². The van der Waals surface area contributed by atoms with Crippen molar-refractivity contribution in [2.24, 2.45) is 0 Å². The van der Waals surface area contributed by atoms with Crippen LogP contribution in [0.25, 0.3) is 0 Å². The lowest BCUT2D eigenvalue weighted by molar-refractivity contribution is 0.586. The number of benzene rings is 1. The van der Waals surface area contributed by atoms with E-state index < -0.39 is 7.80 Å². The smallest absolute Gasteiger partial charge is 0.104 e. The van der Waals surface area contributed by atoms with Crippen LogP contribution >= 0.6 is 7.80 Å². The third-order valence-electron chi connectivity index (χ3n) is 2.85. The summed E-state index contributed by atoms with van der Waals surface area (Å²) in [6.07, 6.45) is 8.52. The zero-order chi connectivity index (χ0) is 11.6. The molecule has 0 heterocycles. The first-order valence-electron chi connectivity index (χ1n) is 6.43. The Morgan fingerprint density at radius 3 is 2.25 bits per heavy atom. The Hall–Kier alpha value is -0.550. The van der Waals surface area contributed by atoms with Crippen LogP contribution in [0, 0.1) is 0 Å². The molecule has 0 aliphatic carbocycles. The standard InChI is InChI=1S/C14H23OP/c1-2-3-4-5-6-10-13-16(15)14-11-8-7-9-12-14/h7-9,11-12,16H,2-6,10,13H2,1H3. The maximum atomic E-state index is 11.9. The van der Waals surface area contributed by atoms with Gasteiger partial charge in [0.1, 0.15) is 7.80 Å². The third kappa shape index (κ3) is 5.51. The fourth-order valence-corrected chi connectivity index (χ4v) is 3.26. The summed E-state index contributed by atoms with van der Waals surface area (Å²) in [5.41, 5.74) is 0. The van der Waals surface area contributed by atoms with Gasteiger partial charge in [-0.3, -0.25) is 0 Å². The van der Waals surface area contributed by atoms with Crippen molar-refractivity contribution in [1.29, 1.82) is 0 Å². The average molecular weight is 238 g/mol. The van der Waals surface area contributed by atoms with Crippen molar-refractivity contribution in [3.63, 3.8) is 0 Å². The van der Waals surface area contributed by atoms with E-state index in [0.29, 0.717) is 0 Å². The van der Waals surface area contributed by atoms with Crippen LogP contribution in [-0.4, -0.2) is 6.16 Å². The quantitative estimate of drug-likeness (QED) is 0.489. The van der Waals surface area contributed by atoms with Crippen LogP contribution < -0.4 is 5.30 Å². The van der Waals surface area contributed by atoms with E-state index in [0.717, 1.165) is 17.9 Å². The highest BCUT2D eigenvalue weighted by atomic mass is 31.1. The Morgan fingerprint density at radius 2 is 1.56 bits per heavy atom. The van der Waals surface area contributed by atoms with Gasteiger partial charge in [0.05, 0.1) is 0 Å². The Balaban J connectivity index is 2.12. The molecular formula is C14H23OP. The third-order valence-corrected chi connectivity index (χ3v) is 4.64. The maximum Gasteiger partial charge on any atom is 0.104 e. The SMILES string of the molecule is CCCCCCCC[PH](=O)c1ccccc1. The second-order valence-electron chi connectivity index (χ2n) is 4.31. The lowest BCUT2D eigenvalue weighted by Gasteiger charge is -2.02. The van der Waals surface area contributed by atoms with Gasteiger partial charge in [-0.05, 0) is 6.42 Å². The molecule has 16 heavy (non-hydrogen) atoms. The monoisotopic (exact) mass is 238 g/mol. The topological polar surface area (TPSA) is 17.1 Å². The number of hydrogen-bond acceptors (Lipinski definition) is 1. The molecule has 0 radical (unpaired) electrons. The van der Waals surface area contributed by atoms with Gasteiger partial charge < -0.3 is 4.57 Å². The van der Waals surface area contributed by atoms with Crippen LogP contribution in [-0.2, 0) is 4.57 Å². The molecule has 0 N–H and O–H groups in total. The van der Waals surface area contributed by atoms with E-state index in [4.69, 9.17) is 0 Å². The number of hydrogen-bond donors (Lipinski definition) is 0. The van der Waals surface area contributed by atoms with Gasteiger partial charge >= 0.3 is 0 Å². The molecule has 0 saturated heterocycles. The summed E-state index contributed by atoms with van der Waals surface area (Å²) in [6, 6.07) is 9.89. The molecule has 0 fully saturated rings. The Kier molecular flexibility index (Phi) is 7.25. The van der Waals surface area contributed by atoms with E-state index in [2.05, 4.69) is 6.92 Å². The molecule has 0 aromatic heterocycles. The highest BCUT2D eigenvalue weighted by Gasteiger charge is 2.01. The van der Waals surface area contributed by atoms with Crippen molar-refractivity contribution in [3.8, 4) is 0 Å². The van der Waals surface area contributed by atoms with Gasteiger partial charge in [-0.15, -0.1) is 0 Å². The molecule has 90 valence electrons. The zero-order valence-electron chi connectivity index (χ0n) is 10.2. The molecule has 1 unspecified atom stereocenters. The summed E-state index contributed by atoms with van der Waals surface area (Å²) >= 11 is 0. The fraction of sp³-hybridized carbons (Fsp3) is 0.571. The molecule has 0 aliphatic heterocycles. The maximum absolute atomic E-state index is 11.9. The van der Waals surface area contributed by atoms with Crippen LogP contribution in [0.4, 0.5) is 0 Å². The van der Waals surface area contributed by atoms with Crippen molar-refractivity contribution < 1.29 is 4.57 Å². The Morgan fingerprint density at radius 1 is 0.938 bits per heavy atom. The molecule has 1 aromatic carbocycles. The molecule has 1 rings (SSSR count). The minimum absolute atomic E-state index is 0.890. The number of rotatable bonds is 8. The molecule has 1 aromatic rings. The van der Waals surface area contributed by atoms with E-state index in [9.17, 15) is 4.57 Å². The van der Waals surface area contributed by atoms with Crippen molar-refractivity contribution in [3.05, 3.63) is 30.3 Å². The zero-order valence-corrected chi connectivity index (χ0v) is 11.2. The Labute approximate surface area is 100 Å². The summed E-state index contributed by atoms with van der Waals surface area (Å²) in [5.74, 6) is 0. The molecule has 0 spiro atoms. The minimum Gasteiger partial charge on any atom is -0.322 e. The largest absolute Gasteiger partial charge is 0.322 e. The van der Waals surface area contributed by atoms with Crippen LogP contribution in [0.3, 0.4) is 0 Å². The van der Waals surface area contributed by atoms with Gasteiger partial charge in [0, 0.05) is 11.5 Å². The first-order chi connectivity index (χ1) is 7.84. The van der Waals surface area contributed by atoms with Crippen LogP contribution in [0.1, 0.15) is 45.4 Å². The molecule has 0 amide bonds. The first kappa shape index (κ1) is 13.5. The van der Waals surface area contributed by atoms with Crippen molar-refractivity contribution in [2.75, 3.05) is 6.16 Å². The van der Waals surface area contributed by atoms with E-state index in [1.165, 1.54) is 32.1 Å². The van der Waals surface area contributed by atoms with Crippen LogP contribution in [0.2, 0.25) is 0 Å². The molecule has 0 bridgehead atoms. The predicted octanol–water partition coefficient (Wildman–Crippen LogP) is 4.23. The lowest BCUT2D eigenvalue weighted by Crippen LogP contribution is -1.96. The molecule has 2 heteroatoms. The highest BCUT2D eigenvalue weighted by molar-refractivity contribution is 7.53. The van der Waals surface area contributed by atoms with Crippen LogP contribution in [0.15, 0.2) is 30.3 Å². The van der Waals surface area contributed by atoms with Gasteiger partial charge in [0.15, 0.2) is 0 Å². The Bertz CT molecular complexity index is 295. The van der Waals surface area contributed by atoms with Crippen molar-refractivity contribution in [1.82, 2.24) is 0 Å². The van der Waals surface area contributed by atoms with E-state index >= 15 is 0 Å². The van der Waals surface area contributed by atoms with E-state index in [1.807, 2.05) is 30.3 Å². The molecule has 1 atom stereocenters. The van der Waals surface area contributed by atoms with Crippen molar-refractivity contribution >= 4 is 13.1 Å². The van der Waals surface area contributed by atoms with E-state index in [1.54, 1.807) is 0 Å². The van der Waals surface area contributed by atoms with Gasteiger partial charge in [-0.1, -0.05) is 69.4 Å². The molecule has 0 aliphatic rings. The second-order valence-corrected chi connectivity index (χ2v) is 6.23. The summed E-state index contributed by atoms with van der Waals surface area (Å²) in [6.45, 7) is 2.23. The lowest BCUT2D eigenvalue weighted by atomic mass is 10.1. The number of unbranched alkanes of at least 4 members (excludes halogenated alkanes) is 5. The summed E-state index contributed by atoms with van der Waals surface area (Å²) in [5, 5.41) is 1.04. The average Bonchev–Trinajstić information content (AvgIpc) is 2.34. The minimum atomic E-state index is -1.51. The fourth-order valence-electron chi connectivity index (χ4n) is 1.83. The van der Waals surface area contributed by atoms with Gasteiger partial charge in [-0.2, -0.15) is 0 Å². The van der Waals surface area contributed by atoms with Gasteiger partial charge in [-0.25, -0.2) is 0 Å². The van der Waals surface area contributed by atoms with Gasteiger partial charge in [0.2, 0.25) is 0 Å². The summed E-state index contributed by atoms with van der Waals surface area (Å²) < 4.78 is 11.9. The van der Waals surface area contributed by atoms with Gasteiger partial charge in [0.25, 0.3) is 0 Å².